The Balaban J connectivity index is 2.85. The van der Waals surface area contributed by atoms with Crippen LogP contribution in [-0.4, -0.2) is 25.0 Å². The second-order valence-corrected chi connectivity index (χ2v) is 7.39. The lowest BCUT2D eigenvalue weighted by atomic mass is 9.78. The van der Waals surface area contributed by atoms with Gasteiger partial charge in [0.1, 0.15) is 0 Å². The maximum absolute atomic E-state index is 12.0. The number of nitrogens with one attached hydrogen (secondary N) is 2. The summed E-state index contributed by atoms with van der Waals surface area (Å²) in [5.74, 6) is 0.593. The highest BCUT2D eigenvalue weighted by Crippen LogP contribution is 2.32. The van der Waals surface area contributed by atoms with Gasteiger partial charge in [-0.2, -0.15) is 17.9 Å². The first-order chi connectivity index (χ1) is 8.17. The lowest BCUT2D eigenvalue weighted by Gasteiger charge is -2.39. The Morgan fingerprint density at radius 3 is 2.28 bits per heavy atom. The smallest absolute Gasteiger partial charge is 0.278 e. The molecular weight excluding hydrogens is 270 g/mol. The van der Waals surface area contributed by atoms with Crippen LogP contribution in [0.25, 0.3) is 0 Å². The largest absolute Gasteiger partial charge is 0.392 e. The maximum Gasteiger partial charge on any atom is 0.278 e. The molecule has 7 heteroatoms. The third-order valence-corrected chi connectivity index (χ3v) is 5.15. The Kier molecular flexibility index (Phi) is 5.11. The fraction of sp³-hybridized carbons (Fsp3) is 0.909. The Morgan fingerprint density at radius 2 is 1.89 bits per heavy atom. The highest BCUT2D eigenvalue weighted by Gasteiger charge is 2.40. The molecule has 0 aromatic carbocycles. The molecule has 0 amide bonds. The summed E-state index contributed by atoms with van der Waals surface area (Å²) >= 11 is 5.07. The molecule has 106 valence electrons. The van der Waals surface area contributed by atoms with Crippen molar-refractivity contribution < 1.29 is 8.42 Å². The average molecular weight is 293 g/mol. The van der Waals surface area contributed by atoms with Crippen molar-refractivity contribution in [2.45, 2.75) is 58.0 Å². The average Bonchev–Trinajstić information content (AvgIpc) is 2.19. The van der Waals surface area contributed by atoms with Crippen LogP contribution in [0.4, 0.5) is 0 Å². The van der Waals surface area contributed by atoms with E-state index in [0.717, 1.165) is 12.8 Å². The van der Waals surface area contributed by atoms with E-state index in [1.165, 1.54) is 0 Å². The van der Waals surface area contributed by atoms with Crippen molar-refractivity contribution in [3.63, 3.8) is 0 Å². The van der Waals surface area contributed by atoms with Crippen molar-refractivity contribution in [3.8, 4) is 0 Å². The van der Waals surface area contributed by atoms with Gasteiger partial charge in [-0.05, 0) is 45.4 Å². The lowest BCUT2D eigenvalue weighted by Crippen LogP contribution is -2.60. The summed E-state index contributed by atoms with van der Waals surface area (Å²) in [6.07, 6.45) is 3.20. The van der Waals surface area contributed by atoms with Gasteiger partial charge in [-0.3, -0.25) is 0 Å². The Bertz CT molecular complexity index is 399. The molecule has 0 spiro atoms. The topological polar surface area (TPSA) is 84.2 Å². The summed E-state index contributed by atoms with van der Waals surface area (Å²) in [5, 5.41) is 0. The summed E-state index contributed by atoms with van der Waals surface area (Å²) in [7, 11) is -3.57. The van der Waals surface area contributed by atoms with Gasteiger partial charge in [0.2, 0.25) is 0 Å². The van der Waals surface area contributed by atoms with Crippen LogP contribution >= 0.6 is 12.2 Å². The standard InChI is InChI=1S/C11H23N3O2S2/c1-8(2)13-18(15,16)14-11(10(12)17)6-4-9(3)5-7-11/h8-9,13-14H,4-7H2,1-3H3,(H2,12,17). The number of rotatable bonds is 5. The summed E-state index contributed by atoms with van der Waals surface area (Å²) in [5.41, 5.74) is 5.00. The van der Waals surface area contributed by atoms with Crippen molar-refractivity contribution in [2.75, 3.05) is 0 Å². The molecule has 1 aliphatic rings. The first-order valence-corrected chi connectivity index (χ1v) is 8.17. The third kappa shape index (κ3) is 4.15. The van der Waals surface area contributed by atoms with Gasteiger partial charge < -0.3 is 5.73 Å². The van der Waals surface area contributed by atoms with Gasteiger partial charge >= 0.3 is 0 Å². The van der Waals surface area contributed by atoms with Crippen LogP contribution in [0.1, 0.15) is 46.5 Å². The van der Waals surface area contributed by atoms with Crippen molar-refractivity contribution in [2.24, 2.45) is 11.7 Å². The van der Waals surface area contributed by atoms with Crippen LogP contribution in [0.5, 0.6) is 0 Å². The molecule has 0 aromatic heterocycles. The SMILES string of the molecule is CC1CCC(NS(=O)(=O)NC(C)C)(C(N)=S)CC1. The molecule has 1 saturated carbocycles. The zero-order chi connectivity index (χ0) is 14.0. The molecule has 1 aliphatic carbocycles. The van der Waals surface area contributed by atoms with Gasteiger partial charge in [0.05, 0.1) is 10.5 Å². The molecule has 0 radical (unpaired) electrons. The highest BCUT2D eigenvalue weighted by atomic mass is 32.2. The second-order valence-electron chi connectivity index (χ2n) is 5.51. The zero-order valence-electron chi connectivity index (χ0n) is 11.2. The Morgan fingerprint density at radius 1 is 1.39 bits per heavy atom. The van der Waals surface area contributed by atoms with E-state index in [0.29, 0.717) is 18.8 Å². The minimum Gasteiger partial charge on any atom is -0.392 e. The molecule has 0 saturated heterocycles. The molecule has 1 rings (SSSR count). The second kappa shape index (κ2) is 5.81. The molecule has 4 N–H and O–H groups in total. The Hall–Kier alpha value is -0.240. The van der Waals surface area contributed by atoms with E-state index in [2.05, 4.69) is 16.4 Å². The van der Waals surface area contributed by atoms with E-state index in [1.54, 1.807) is 13.8 Å². The van der Waals surface area contributed by atoms with Crippen molar-refractivity contribution in [3.05, 3.63) is 0 Å². The van der Waals surface area contributed by atoms with Crippen molar-refractivity contribution >= 4 is 27.4 Å². The lowest BCUT2D eigenvalue weighted by molar-refractivity contribution is 0.288. The molecule has 0 aliphatic heterocycles. The number of hydrogen-bond donors (Lipinski definition) is 3. The van der Waals surface area contributed by atoms with Crippen molar-refractivity contribution in [1.82, 2.24) is 9.44 Å². The van der Waals surface area contributed by atoms with E-state index in [-0.39, 0.29) is 11.0 Å². The fourth-order valence-electron chi connectivity index (χ4n) is 2.25. The monoisotopic (exact) mass is 293 g/mol. The van der Waals surface area contributed by atoms with Gasteiger partial charge in [-0.1, -0.05) is 19.1 Å². The molecular formula is C11H23N3O2S2. The van der Waals surface area contributed by atoms with Crippen molar-refractivity contribution in [1.29, 1.82) is 0 Å². The first-order valence-electron chi connectivity index (χ1n) is 6.28. The third-order valence-electron chi connectivity index (χ3n) is 3.32. The minimum absolute atomic E-state index is 0.159. The molecule has 0 heterocycles. The molecule has 5 nitrogen and oxygen atoms in total. The molecule has 0 aromatic rings. The van der Waals surface area contributed by atoms with Crippen LogP contribution < -0.4 is 15.2 Å². The number of hydrogen-bond acceptors (Lipinski definition) is 3. The van der Waals surface area contributed by atoms with Gasteiger partial charge in [0.15, 0.2) is 0 Å². The van der Waals surface area contributed by atoms with E-state index in [9.17, 15) is 8.42 Å². The highest BCUT2D eigenvalue weighted by molar-refractivity contribution is 7.87. The zero-order valence-corrected chi connectivity index (χ0v) is 12.8. The van der Waals surface area contributed by atoms with Crippen LogP contribution in [0.15, 0.2) is 0 Å². The predicted molar refractivity (Wildman–Crippen MR) is 77.5 cm³/mol. The van der Waals surface area contributed by atoms with Crippen LogP contribution in [0.2, 0.25) is 0 Å². The van der Waals surface area contributed by atoms with Gasteiger partial charge in [0.25, 0.3) is 10.2 Å². The van der Waals surface area contributed by atoms with Gasteiger partial charge in [0, 0.05) is 6.04 Å². The molecule has 0 unspecified atom stereocenters. The summed E-state index contributed by atoms with van der Waals surface area (Å²) in [6.45, 7) is 5.70. The van der Waals surface area contributed by atoms with Crippen LogP contribution in [-0.2, 0) is 10.2 Å². The van der Waals surface area contributed by atoms with Crippen LogP contribution in [0.3, 0.4) is 0 Å². The van der Waals surface area contributed by atoms with E-state index < -0.39 is 15.7 Å². The summed E-state index contributed by atoms with van der Waals surface area (Å²) in [4.78, 5) is 0.239. The number of thiocarbonyl (C=S) groups is 1. The first kappa shape index (κ1) is 15.8. The molecule has 0 atom stereocenters. The minimum atomic E-state index is -3.57. The maximum atomic E-state index is 12.0. The summed E-state index contributed by atoms with van der Waals surface area (Å²) in [6, 6.07) is -0.159. The van der Waals surface area contributed by atoms with Gasteiger partial charge in [-0.25, -0.2) is 0 Å². The molecule has 0 bridgehead atoms. The predicted octanol–water partition coefficient (Wildman–Crippen LogP) is 1.05. The molecule has 18 heavy (non-hydrogen) atoms. The fourth-order valence-corrected chi connectivity index (χ4v) is 4.08. The van der Waals surface area contributed by atoms with E-state index in [1.807, 2.05) is 0 Å². The number of nitrogens with two attached hydrogens (primary N) is 1. The van der Waals surface area contributed by atoms with Gasteiger partial charge in [-0.15, -0.1) is 0 Å². The molecule has 1 fully saturated rings. The quantitative estimate of drug-likeness (QED) is 0.662. The summed E-state index contributed by atoms with van der Waals surface area (Å²) < 4.78 is 29.1. The van der Waals surface area contributed by atoms with E-state index >= 15 is 0 Å². The van der Waals surface area contributed by atoms with Crippen LogP contribution in [0, 0.1) is 5.92 Å². The normalized spacial score (nSPS) is 29.4. The Labute approximate surface area is 115 Å². The van der Waals surface area contributed by atoms with E-state index in [4.69, 9.17) is 18.0 Å².